The van der Waals surface area contributed by atoms with Gasteiger partial charge in [-0.1, -0.05) is 24.3 Å². The van der Waals surface area contributed by atoms with E-state index in [9.17, 15) is 9.18 Å². The number of halogens is 1. The summed E-state index contributed by atoms with van der Waals surface area (Å²) in [5.41, 5.74) is 1.67. The van der Waals surface area contributed by atoms with Crippen molar-refractivity contribution in [2.75, 3.05) is 7.11 Å². The molecule has 1 amide bonds. The van der Waals surface area contributed by atoms with Crippen LogP contribution in [0.2, 0.25) is 0 Å². The molecule has 0 aliphatic rings. The number of benzene rings is 2. The topological polar surface area (TPSA) is 56.1 Å². The molecule has 5 nitrogen and oxygen atoms in total. The van der Waals surface area contributed by atoms with Gasteiger partial charge in [0.2, 0.25) is 5.91 Å². The van der Waals surface area contributed by atoms with Crippen LogP contribution in [0.3, 0.4) is 0 Å². The molecule has 27 heavy (non-hydrogen) atoms. The Balaban J connectivity index is 1.77. The molecule has 2 aromatic carbocycles. The van der Waals surface area contributed by atoms with E-state index in [4.69, 9.17) is 4.74 Å². The number of carbonyl (C=O) groups is 1. The highest BCUT2D eigenvalue weighted by atomic mass is 19.1. The van der Waals surface area contributed by atoms with Gasteiger partial charge in [-0.15, -0.1) is 0 Å². The lowest BCUT2D eigenvalue weighted by Gasteiger charge is -2.20. The number of methoxy groups -OCH3 is 1. The molecule has 1 unspecified atom stereocenters. The predicted molar refractivity (Wildman–Crippen MR) is 101 cm³/mol. The average molecular weight is 367 g/mol. The molecule has 1 heterocycles. The highest BCUT2D eigenvalue weighted by Crippen LogP contribution is 2.24. The van der Waals surface area contributed by atoms with Crippen molar-refractivity contribution in [1.29, 1.82) is 0 Å². The summed E-state index contributed by atoms with van der Waals surface area (Å²) in [6.07, 6.45) is 4.26. The molecule has 140 valence electrons. The lowest BCUT2D eigenvalue weighted by Crippen LogP contribution is -2.31. The van der Waals surface area contributed by atoms with E-state index >= 15 is 0 Å². The van der Waals surface area contributed by atoms with Gasteiger partial charge in [0.25, 0.3) is 0 Å². The number of nitrogens with one attached hydrogen (secondary N) is 1. The van der Waals surface area contributed by atoms with Crippen molar-refractivity contribution < 1.29 is 13.9 Å². The maximum absolute atomic E-state index is 13.3. The fourth-order valence-corrected chi connectivity index (χ4v) is 2.96. The van der Waals surface area contributed by atoms with Gasteiger partial charge in [0.05, 0.1) is 7.11 Å². The van der Waals surface area contributed by atoms with Gasteiger partial charge in [-0.2, -0.15) is 0 Å². The Morgan fingerprint density at radius 3 is 2.78 bits per heavy atom. The van der Waals surface area contributed by atoms with Crippen LogP contribution in [-0.4, -0.2) is 22.6 Å². The molecule has 0 fully saturated rings. The van der Waals surface area contributed by atoms with Gasteiger partial charge in [-0.3, -0.25) is 4.79 Å². The highest BCUT2D eigenvalue weighted by molar-refractivity contribution is 5.77. The molecule has 1 aromatic heterocycles. The summed E-state index contributed by atoms with van der Waals surface area (Å²) in [6.45, 7) is 0. The quantitative estimate of drug-likeness (QED) is 0.696. The molecule has 0 spiro atoms. The van der Waals surface area contributed by atoms with E-state index in [0.29, 0.717) is 12.2 Å². The summed E-state index contributed by atoms with van der Waals surface area (Å²) in [4.78, 5) is 17.0. The molecule has 0 aliphatic heterocycles. The zero-order chi connectivity index (χ0) is 19.2. The van der Waals surface area contributed by atoms with Crippen molar-refractivity contribution >= 4 is 5.91 Å². The van der Waals surface area contributed by atoms with Crippen molar-refractivity contribution in [3.05, 3.63) is 83.7 Å². The van der Waals surface area contributed by atoms with E-state index in [1.54, 1.807) is 19.4 Å². The number of carbonyl (C=O) groups excluding carboxylic acids is 1. The number of rotatable bonds is 7. The van der Waals surface area contributed by atoms with Crippen molar-refractivity contribution in [3.8, 4) is 5.75 Å². The third-order valence-corrected chi connectivity index (χ3v) is 4.38. The predicted octanol–water partition coefficient (Wildman–Crippen LogP) is 3.41. The number of nitrogens with zero attached hydrogens (tertiary/aromatic N) is 2. The number of amides is 1. The third kappa shape index (κ3) is 4.73. The van der Waals surface area contributed by atoms with Crippen LogP contribution in [0.4, 0.5) is 4.39 Å². The zero-order valence-corrected chi connectivity index (χ0v) is 15.4. The molecule has 1 N–H and O–H groups in total. The molecule has 0 saturated heterocycles. The van der Waals surface area contributed by atoms with Crippen LogP contribution in [-0.2, 0) is 18.3 Å². The van der Waals surface area contributed by atoms with Crippen LogP contribution in [0, 0.1) is 5.82 Å². The lowest BCUT2D eigenvalue weighted by molar-refractivity contribution is -0.121. The molecule has 1 atom stereocenters. The molecule has 0 aliphatic carbocycles. The molecular formula is C21H22FN3O2. The minimum atomic E-state index is -0.403. The second kappa shape index (κ2) is 8.49. The lowest BCUT2D eigenvalue weighted by atomic mass is 10.0. The molecule has 3 rings (SSSR count). The molecule has 3 aromatic rings. The fourth-order valence-electron chi connectivity index (χ4n) is 2.96. The highest BCUT2D eigenvalue weighted by Gasteiger charge is 2.21. The summed E-state index contributed by atoms with van der Waals surface area (Å²) in [5, 5.41) is 3.04. The maximum Gasteiger partial charge on any atom is 0.221 e. The Kier molecular flexibility index (Phi) is 5.86. The monoisotopic (exact) mass is 367 g/mol. The van der Waals surface area contributed by atoms with E-state index < -0.39 is 6.04 Å². The van der Waals surface area contributed by atoms with E-state index in [1.165, 1.54) is 12.1 Å². The number of aromatic nitrogens is 2. The minimum Gasteiger partial charge on any atom is -0.497 e. The Labute approximate surface area is 157 Å². The van der Waals surface area contributed by atoms with E-state index in [0.717, 1.165) is 17.0 Å². The van der Waals surface area contributed by atoms with Crippen LogP contribution < -0.4 is 10.1 Å². The number of imidazole rings is 1. The number of hydrogen-bond donors (Lipinski definition) is 1. The summed E-state index contributed by atoms with van der Waals surface area (Å²) < 4.78 is 20.5. The van der Waals surface area contributed by atoms with Crippen LogP contribution >= 0.6 is 0 Å². The van der Waals surface area contributed by atoms with Crippen LogP contribution in [0.1, 0.15) is 29.4 Å². The first kappa shape index (κ1) is 18.6. The van der Waals surface area contributed by atoms with Crippen LogP contribution in [0.25, 0.3) is 0 Å². The largest absolute Gasteiger partial charge is 0.497 e. The second-order valence-electron chi connectivity index (χ2n) is 6.30. The van der Waals surface area contributed by atoms with Gasteiger partial charge in [-0.05, 0) is 41.8 Å². The van der Waals surface area contributed by atoms with Crippen molar-refractivity contribution in [3.63, 3.8) is 0 Å². The molecule has 0 saturated carbocycles. The van der Waals surface area contributed by atoms with Gasteiger partial charge in [0.15, 0.2) is 0 Å². The zero-order valence-electron chi connectivity index (χ0n) is 15.4. The van der Waals surface area contributed by atoms with Crippen molar-refractivity contribution in [1.82, 2.24) is 14.9 Å². The summed E-state index contributed by atoms with van der Waals surface area (Å²) in [5.74, 6) is 1.01. The van der Waals surface area contributed by atoms with E-state index in [1.807, 2.05) is 48.1 Å². The Morgan fingerprint density at radius 1 is 1.26 bits per heavy atom. The fraction of sp³-hybridized carbons (Fsp3) is 0.238. The molecule has 0 bridgehead atoms. The Bertz CT molecular complexity index is 923. The minimum absolute atomic E-state index is 0.130. The first-order valence-electron chi connectivity index (χ1n) is 8.72. The second-order valence-corrected chi connectivity index (χ2v) is 6.30. The van der Waals surface area contributed by atoms with Gasteiger partial charge < -0.3 is 14.6 Å². The summed E-state index contributed by atoms with van der Waals surface area (Å²) in [7, 11) is 3.49. The third-order valence-electron chi connectivity index (χ3n) is 4.38. The SMILES string of the molecule is COc1cccc(C(NC(=O)CCc2cccc(F)c2)c2nccn2C)c1. The van der Waals surface area contributed by atoms with Crippen LogP contribution in [0.5, 0.6) is 5.75 Å². The Hall–Kier alpha value is -3.15. The first-order chi connectivity index (χ1) is 13.1. The van der Waals surface area contributed by atoms with Gasteiger partial charge in [0, 0.05) is 25.9 Å². The molecule has 6 heteroatoms. The maximum atomic E-state index is 13.3. The summed E-state index contributed by atoms with van der Waals surface area (Å²) in [6, 6.07) is 13.4. The average Bonchev–Trinajstić information content (AvgIpc) is 3.10. The van der Waals surface area contributed by atoms with E-state index in [-0.39, 0.29) is 18.1 Å². The number of aryl methyl sites for hydroxylation is 2. The van der Waals surface area contributed by atoms with Crippen molar-refractivity contribution in [2.45, 2.75) is 18.9 Å². The van der Waals surface area contributed by atoms with E-state index in [2.05, 4.69) is 10.3 Å². The molecular weight excluding hydrogens is 345 g/mol. The van der Waals surface area contributed by atoms with Gasteiger partial charge >= 0.3 is 0 Å². The standard InChI is InChI=1S/C21H22FN3O2/c1-25-12-11-23-21(25)20(16-6-4-8-18(14-16)27-2)24-19(26)10-9-15-5-3-7-17(22)13-15/h3-8,11-14,20H,9-10H2,1-2H3,(H,24,26). The Morgan fingerprint density at radius 2 is 2.07 bits per heavy atom. The number of hydrogen-bond acceptors (Lipinski definition) is 3. The summed E-state index contributed by atoms with van der Waals surface area (Å²) >= 11 is 0. The van der Waals surface area contributed by atoms with Crippen molar-refractivity contribution in [2.24, 2.45) is 7.05 Å². The molecule has 0 radical (unpaired) electrons. The smallest absolute Gasteiger partial charge is 0.221 e. The van der Waals surface area contributed by atoms with Gasteiger partial charge in [-0.25, -0.2) is 9.37 Å². The number of ether oxygens (including phenoxy) is 1. The van der Waals surface area contributed by atoms with Crippen LogP contribution in [0.15, 0.2) is 60.9 Å². The normalized spacial score (nSPS) is 11.8. The first-order valence-corrected chi connectivity index (χ1v) is 8.72. The van der Waals surface area contributed by atoms with Gasteiger partial charge in [0.1, 0.15) is 23.4 Å².